The highest BCUT2D eigenvalue weighted by Crippen LogP contribution is 2.49. The number of imide groups is 2. The van der Waals surface area contributed by atoms with Crippen LogP contribution in [0, 0.1) is 17.0 Å². The number of rotatable bonds is 2. The number of thiol groups is 1. The molecule has 4 heterocycles. The van der Waals surface area contributed by atoms with Crippen molar-refractivity contribution in [1.29, 1.82) is 0 Å². The monoisotopic (exact) mass is 495 g/mol. The van der Waals surface area contributed by atoms with Crippen molar-refractivity contribution in [2.45, 2.75) is 44.3 Å². The van der Waals surface area contributed by atoms with E-state index < -0.39 is 47.0 Å². The second-order valence-corrected chi connectivity index (χ2v) is 9.73. The molecule has 0 bridgehead atoms. The van der Waals surface area contributed by atoms with Crippen LogP contribution in [-0.2, 0) is 26.5 Å². The first-order valence-corrected chi connectivity index (χ1v) is 11.7. The SMILES string of the molecule is C[C@H]1CN2c3c(cc(-c4nnc(CS)s4)c(F)c3F)CC3(C(=O)NC(=O)NC3=O)C2[C@@H](C)O1. The van der Waals surface area contributed by atoms with Crippen LogP contribution in [0.2, 0.25) is 0 Å². The molecule has 5 rings (SSSR count). The van der Waals surface area contributed by atoms with Gasteiger partial charge < -0.3 is 9.64 Å². The van der Waals surface area contributed by atoms with Gasteiger partial charge in [-0.3, -0.25) is 20.2 Å². The number of nitrogens with zero attached hydrogens (tertiary/aromatic N) is 3. The predicted octanol–water partition coefficient (Wildman–Crippen LogP) is 1.80. The Bertz CT molecular complexity index is 1190. The first-order valence-electron chi connectivity index (χ1n) is 10.2. The number of carbonyl (C=O) groups excluding carboxylic acids is 3. The first kappa shape index (κ1) is 22.2. The number of ether oxygens (including phenoxy) is 1. The number of barbiturate groups is 1. The minimum absolute atomic E-state index is 0.0229. The predicted molar refractivity (Wildman–Crippen MR) is 117 cm³/mol. The molecule has 33 heavy (non-hydrogen) atoms. The summed E-state index contributed by atoms with van der Waals surface area (Å²) in [5.74, 6) is -3.51. The Labute approximate surface area is 196 Å². The number of morpholine rings is 1. The van der Waals surface area contributed by atoms with Gasteiger partial charge in [-0.2, -0.15) is 12.6 Å². The fraction of sp³-hybridized carbons (Fsp3) is 0.450. The van der Waals surface area contributed by atoms with Gasteiger partial charge in [-0.15, -0.1) is 10.2 Å². The number of benzene rings is 1. The summed E-state index contributed by atoms with van der Waals surface area (Å²) in [4.78, 5) is 39.6. The van der Waals surface area contributed by atoms with E-state index in [0.717, 1.165) is 11.3 Å². The van der Waals surface area contributed by atoms with Gasteiger partial charge in [-0.1, -0.05) is 11.3 Å². The van der Waals surface area contributed by atoms with Crippen molar-refractivity contribution >= 4 is 47.5 Å². The quantitative estimate of drug-likeness (QED) is 0.430. The van der Waals surface area contributed by atoms with Gasteiger partial charge in [0.25, 0.3) is 0 Å². The van der Waals surface area contributed by atoms with Crippen LogP contribution in [-0.4, -0.2) is 52.8 Å². The number of fused-ring (bicyclic) bond motifs is 4. The van der Waals surface area contributed by atoms with Crippen molar-refractivity contribution in [2.24, 2.45) is 5.41 Å². The summed E-state index contributed by atoms with van der Waals surface area (Å²) in [6.45, 7) is 3.55. The van der Waals surface area contributed by atoms with Gasteiger partial charge in [-0.05, 0) is 25.5 Å². The van der Waals surface area contributed by atoms with Gasteiger partial charge in [0, 0.05) is 18.7 Å². The van der Waals surface area contributed by atoms with Gasteiger partial charge in [0.1, 0.15) is 5.01 Å². The fourth-order valence-electron chi connectivity index (χ4n) is 5.12. The summed E-state index contributed by atoms with van der Waals surface area (Å²) in [5.41, 5.74) is -1.67. The number of hydrogen-bond acceptors (Lipinski definition) is 9. The topological polar surface area (TPSA) is 114 Å². The molecule has 2 fully saturated rings. The zero-order valence-electron chi connectivity index (χ0n) is 17.5. The lowest BCUT2D eigenvalue weighted by atomic mass is 9.66. The van der Waals surface area contributed by atoms with E-state index in [1.54, 1.807) is 13.8 Å². The van der Waals surface area contributed by atoms with E-state index in [2.05, 4.69) is 33.5 Å². The molecule has 1 spiro atoms. The van der Waals surface area contributed by atoms with Gasteiger partial charge in [0.15, 0.2) is 22.1 Å². The van der Waals surface area contributed by atoms with E-state index in [1.165, 1.54) is 11.0 Å². The highest BCUT2D eigenvalue weighted by atomic mass is 32.1. The zero-order valence-corrected chi connectivity index (χ0v) is 19.2. The van der Waals surface area contributed by atoms with E-state index in [4.69, 9.17) is 4.74 Å². The normalized spacial score (nSPS) is 26.0. The van der Waals surface area contributed by atoms with E-state index in [9.17, 15) is 14.4 Å². The molecule has 3 aliphatic rings. The van der Waals surface area contributed by atoms with Crippen LogP contribution in [0.25, 0.3) is 10.6 Å². The fourth-order valence-corrected chi connectivity index (χ4v) is 6.09. The Morgan fingerprint density at radius 1 is 1.21 bits per heavy atom. The molecule has 13 heteroatoms. The van der Waals surface area contributed by atoms with Crippen molar-refractivity contribution in [1.82, 2.24) is 20.8 Å². The summed E-state index contributed by atoms with van der Waals surface area (Å²) in [7, 11) is 0. The molecule has 3 atom stereocenters. The number of halogens is 2. The summed E-state index contributed by atoms with van der Waals surface area (Å²) in [5, 5.41) is 12.8. The van der Waals surface area contributed by atoms with Gasteiger partial charge in [0.05, 0.1) is 29.5 Å². The molecule has 2 aromatic rings. The first-order chi connectivity index (χ1) is 15.7. The average Bonchev–Trinajstić information content (AvgIpc) is 3.22. The lowest BCUT2D eigenvalue weighted by molar-refractivity contribution is -0.153. The Morgan fingerprint density at radius 2 is 1.91 bits per heavy atom. The van der Waals surface area contributed by atoms with Gasteiger partial charge in [0.2, 0.25) is 11.8 Å². The number of nitrogens with one attached hydrogen (secondary N) is 2. The van der Waals surface area contributed by atoms with Crippen molar-refractivity contribution < 1.29 is 27.9 Å². The molecule has 2 N–H and O–H groups in total. The highest BCUT2D eigenvalue weighted by Gasteiger charge is 2.63. The van der Waals surface area contributed by atoms with E-state index >= 15 is 8.78 Å². The molecule has 0 aliphatic carbocycles. The number of aromatic nitrogens is 2. The molecule has 4 amide bonds. The smallest absolute Gasteiger partial charge is 0.328 e. The molecule has 2 saturated heterocycles. The molecule has 1 aromatic heterocycles. The maximum Gasteiger partial charge on any atom is 0.328 e. The molecule has 1 unspecified atom stereocenters. The molecule has 1 aromatic carbocycles. The number of urea groups is 1. The number of carbonyl (C=O) groups is 3. The van der Waals surface area contributed by atoms with Crippen LogP contribution in [0.3, 0.4) is 0 Å². The molecule has 0 saturated carbocycles. The van der Waals surface area contributed by atoms with E-state index in [1.807, 2.05) is 0 Å². The number of anilines is 1. The minimum Gasteiger partial charge on any atom is -0.372 e. The van der Waals surface area contributed by atoms with Crippen LogP contribution in [0.15, 0.2) is 6.07 Å². The Kier molecular flexibility index (Phi) is 5.18. The number of amides is 4. The Balaban J connectivity index is 1.73. The molecular formula is C20H19F2N5O4S2. The van der Waals surface area contributed by atoms with Crippen molar-refractivity contribution in [3.63, 3.8) is 0 Å². The lowest BCUT2D eigenvalue weighted by Crippen LogP contribution is -2.75. The summed E-state index contributed by atoms with van der Waals surface area (Å²) in [6, 6.07) is -0.479. The van der Waals surface area contributed by atoms with Crippen molar-refractivity contribution in [3.05, 3.63) is 28.3 Å². The Hall–Kier alpha value is -2.64. The average molecular weight is 496 g/mol. The van der Waals surface area contributed by atoms with E-state index in [-0.39, 0.29) is 46.6 Å². The largest absolute Gasteiger partial charge is 0.372 e. The second kappa shape index (κ2) is 7.71. The summed E-state index contributed by atoms with van der Waals surface area (Å²) in [6.07, 6.45) is -1.31. The second-order valence-electron chi connectivity index (χ2n) is 8.35. The maximum absolute atomic E-state index is 15.6. The molecular weight excluding hydrogens is 476 g/mol. The summed E-state index contributed by atoms with van der Waals surface area (Å²) < 4.78 is 36.7. The van der Waals surface area contributed by atoms with Crippen LogP contribution in [0.1, 0.15) is 24.4 Å². The van der Waals surface area contributed by atoms with Gasteiger partial charge >= 0.3 is 6.03 Å². The third-order valence-electron chi connectivity index (χ3n) is 6.30. The third-order valence-corrected chi connectivity index (χ3v) is 7.77. The summed E-state index contributed by atoms with van der Waals surface area (Å²) >= 11 is 5.20. The highest BCUT2D eigenvalue weighted by molar-refractivity contribution is 7.79. The molecule has 9 nitrogen and oxygen atoms in total. The molecule has 174 valence electrons. The van der Waals surface area contributed by atoms with E-state index in [0.29, 0.717) is 5.01 Å². The van der Waals surface area contributed by atoms with Gasteiger partial charge in [-0.25, -0.2) is 13.6 Å². The maximum atomic E-state index is 15.6. The minimum atomic E-state index is -1.78. The van der Waals surface area contributed by atoms with Crippen LogP contribution in [0.5, 0.6) is 0 Å². The van der Waals surface area contributed by atoms with Crippen molar-refractivity contribution in [3.8, 4) is 10.6 Å². The standard InChI is InChI=1S/C20H19F2N5O4S2/c1-7-5-27-14-9(3-10(12(21)13(14)22)16-26-25-11(6-32)33-16)4-20(15(27)8(2)31-7)17(28)23-19(30)24-18(20)29/h3,7-8,15,32H,4-6H2,1-2H3,(H2,23,24,28,29,30)/t7-,8+,15?/m0/s1. The lowest BCUT2D eigenvalue weighted by Gasteiger charge is -2.55. The molecule has 3 aliphatic heterocycles. The van der Waals surface area contributed by atoms with Crippen LogP contribution >= 0.6 is 24.0 Å². The van der Waals surface area contributed by atoms with Crippen LogP contribution < -0.4 is 15.5 Å². The zero-order chi connectivity index (χ0) is 23.7. The third kappa shape index (κ3) is 3.16. The van der Waals surface area contributed by atoms with Crippen LogP contribution in [0.4, 0.5) is 19.3 Å². The Morgan fingerprint density at radius 3 is 2.55 bits per heavy atom. The van der Waals surface area contributed by atoms with Crippen molar-refractivity contribution in [2.75, 3.05) is 11.4 Å². The molecule has 0 radical (unpaired) electrons. The number of hydrogen-bond donors (Lipinski definition) is 3.